The second kappa shape index (κ2) is 5.72. The molecule has 7 heteroatoms. The molecule has 0 saturated heterocycles. The molecule has 1 aliphatic heterocycles. The lowest BCUT2D eigenvalue weighted by Crippen LogP contribution is -2.26. The van der Waals surface area contributed by atoms with Crippen LogP contribution in [0.1, 0.15) is 34.3 Å². The lowest BCUT2D eigenvalue weighted by Gasteiger charge is -2.18. The lowest BCUT2D eigenvalue weighted by molar-refractivity contribution is 0.0660. The van der Waals surface area contributed by atoms with E-state index in [0.29, 0.717) is 12.2 Å². The molecule has 5 nitrogen and oxygen atoms in total. The summed E-state index contributed by atoms with van der Waals surface area (Å²) in [5.41, 5.74) is 1.84. The molecule has 0 bridgehead atoms. The summed E-state index contributed by atoms with van der Waals surface area (Å²) in [4.78, 5) is 12.7. The maximum atomic E-state index is 12.7. The Bertz CT molecular complexity index is 852. The van der Waals surface area contributed by atoms with Gasteiger partial charge >= 0.3 is 5.91 Å². The Balaban J connectivity index is 1.72. The van der Waals surface area contributed by atoms with Gasteiger partial charge in [-0.15, -0.1) is 0 Å². The number of carbonyl (C=O) groups is 1. The monoisotopic (exact) mass is 346 g/mol. The first-order valence-electron chi connectivity index (χ1n) is 6.95. The van der Waals surface area contributed by atoms with Crippen molar-refractivity contribution in [3.8, 4) is 0 Å². The smallest absolute Gasteiger partial charge is 0.310 e. The molecular weight excluding hydrogens is 336 g/mol. The van der Waals surface area contributed by atoms with E-state index in [2.05, 4.69) is 5.10 Å². The van der Waals surface area contributed by atoms with Crippen molar-refractivity contribution < 1.29 is 13.6 Å². The second-order valence-corrected chi connectivity index (χ2v) is 6.20. The van der Waals surface area contributed by atoms with Gasteiger partial charge in [0.2, 0.25) is 0 Å². The van der Waals surface area contributed by atoms with E-state index in [0.717, 1.165) is 11.3 Å². The summed E-state index contributed by atoms with van der Waals surface area (Å²) in [5, 5.41) is 10.2. The normalized spacial score (nSPS) is 17.5. The predicted octanol–water partition coefficient (Wildman–Crippen LogP) is 4.58. The predicted molar refractivity (Wildman–Crippen MR) is 86.8 cm³/mol. The molecule has 0 radical (unpaired) electrons. The molecule has 4 heterocycles. The summed E-state index contributed by atoms with van der Waals surface area (Å²) in [5.74, 6) is 0.532. The van der Waals surface area contributed by atoms with Gasteiger partial charge in [0.15, 0.2) is 11.0 Å². The summed E-state index contributed by atoms with van der Waals surface area (Å²) in [6.45, 7) is 0. The zero-order chi connectivity index (χ0) is 15.8. The molecule has 0 N–H and O–H groups in total. The summed E-state index contributed by atoms with van der Waals surface area (Å²) in [7, 11) is 0. The zero-order valence-corrected chi connectivity index (χ0v) is 13.4. The fraction of sp³-hybridized carbons (Fsp3) is 0.125. The molecule has 4 rings (SSSR count). The number of hydrogen-bond donors (Lipinski definition) is 0. The third-order valence-electron chi connectivity index (χ3n) is 3.63. The molecule has 1 amide bonds. The number of nitrogens with zero attached hydrogens (tertiary/aromatic N) is 2. The van der Waals surface area contributed by atoms with E-state index < -0.39 is 0 Å². The molecule has 0 saturated carbocycles. The largest absolute Gasteiger partial charge is 0.459 e. The van der Waals surface area contributed by atoms with Crippen LogP contribution in [0.4, 0.5) is 0 Å². The van der Waals surface area contributed by atoms with Crippen LogP contribution >= 0.6 is 22.9 Å². The van der Waals surface area contributed by atoms with Crippen molar-refractivity contribution in [3.63, 3.8) is 0 Å². The van der Waals surface area contributed by atoms with E-state index in [9.17, 15) is 4.79 Å². The van der Waals surface area contributed by atoms with Crippen LogP contribution < -0.4 is 0 Å². The molecule has 0 aliphatic carbocycles. The quantitative estimate of drug-likeness (QED) is 0.697. The van der Waals surface area contributed by atoms with E-state index in [1.165, 1.54) is 11.3 Å². The number of halogens is 1. The molecule has 1 unspecified atom stereocenters. The minimum atomic E-state index is -0.338. The van der Waals surface area contributed by atoms with Crippen LogP contribution in [0.3, 0.4) is 0 Å². The molecule has 1 aliphatic rings. The molecule has 0 spiro atoms. The number of furan rings is 2. The number of thiophene rings is 1. The number of amides is 1. The number of carbonyl (C=O) groups excluding carboxylic acids is 1. The van der Waals surface area contributed by atoms with E-state index in [-0.39, 0.29) is 22.9 Å². The molecule has 3 aromatic rings. The van der Waals surface area contributed by atoms with Gasteiger partial charge in [-0.05, 0) is 52.7 Å². The molecule has 3 aromatic heterocycles. The van der Waals surface area contributed by atoms with Crippen LogP contribution in [-0.4, -0.2) is 16.6 Å². The molecule has 0 fully saturated rings. The fourth-order valence-corrected chi connectivity index (χ4v) is 3.36. The van der Waals surface area contributed by atoms with Gasteiger partial charge in [-0.25, -0.2) is 5.01 Å². The third-order valence-corrected chi connectivity index (χ3v) is 4.51. The lowest BCUT2D eigenvalue weighted by atomic mass is 10.0. The molecular formula is C16H11ClN2O3S. The minimum Gasteiger partial charge on any atom is -0.459 e. The first kappa shape index (κ1) is 14.3. The Hall–Kier alpha value is -2.31. The van der Waals surface area contributed by atoms with Gasteiger partial charge in [0.1, 0.15) is 11.8 Å². The Labute approximate surface area is 140 Å². The van der Waals surface area contributed by atoms with Crippen LogP contribution in [0, 0.1) is 0 Å². The van der Waals surface area contributed by atoms with Gasteiger partial charge in [0.05, 0.1) is 12.0 Å². The van der Waals surface area contributed by atoms with Gasteiger partial charge in [-0.2, -0.15) is 16.4 Å². The Morgan fingerprint density at radius 2 is 2.26 bits per heavy atom. The van der Waals surface area contributed by atoms with Gasteiger partial charge < -0.3 is 8.83 Å². The number of hydrazone groups is 1. The Morgan fingerprint density at radius 1 is 1.35 bits per heavy atom. The van der Waals surface area contributed by atoms with Crippen molar-refractivity contribution in [2.75, 3.05) is 0 Å². The fourth-order valence-electron chi connectivity index (χ4n) is 2.54. The number of rotatable bonds is 3. The van der Waals surface area contributed by atoms with Crippen LogP contribution in [0.5, 0.6) is 0 Å². The standard InChI is InChI=1S/C16H11ClN2O3S/c17-15-4-3-13(22-15)12-8-11(10-5-7-23-9-10)18-19(12)16(20)14-2-1-6-21-14/h1-7,9,12H,8H2. The summed E-state index contributed by atoms with van der Waals surface area (Å²) < 4.78 is 10.7. The zero-order valence-electron chi connectivity index (χ0n) is 11.8. The maximum Gasteiger partial charge on any atom is 0.310 e. The third kappa shape index (κ3) is 2.60. The molecule has 116 valence electrons. The highest BCUT2D eigenvalue weighted by Crippen LogP contribution is 2.35. The first-order valence-corrected chi connectivity index (χ1v) is 8.27. The minimum absolute atomic E-state index is 0.239. The summed E-state index contributed by atoms with van der Waals surface area (Å²) in [6, 6.07) is 8.36. The van der Waals surface area contributed by atoms with Crippen molar-refractivity contribution in [1.82, 2.24) is 5.01 Å². The Kier molecular flexibility index (Phi) is 3.55. The topological polar surface area (TPSA) is 59.0 Å². The van der Waals surface area contributed by atoms with Crippen molar-refractivity contribution in [2.45, 2.75) is 12.5 Å². The van der Waals surface area contributed by atoms with Gasteiger partial charge in [0.25, 0.3) is 0 Å². The Morgan fingerprint density at radius 3 is 2.91 bits per heavy atom. The van der Waals surface area contributed by atoms with Crippen molar-refractivity contribution >= 4 is 34.6 Å². The van der Waals surface area contributed by atoms with Crippen LogP contribution in [0.25, 0.3) is 0 Å². The van der Waals surface area contributed by atoms with Gasteiger partial charge in [0, 0.05) is 12.0 Å². The second-order valence-electron chi connectivity index (χ2n) is 5.05. The average Bonchev–Trinajstić information content (AvgIpc) is 3.31. The highest BCUT2D eigenvalue weighted by molar-refractivity contribution is 7.08. The molecule has 1 atom stereocenters. The summed E-state index contributed by atoms with van der Waals surface area (Å²) in [6.07, 6.45) is 2.03. The molecule has 0 aromatic carbocycles. The average molecular weight is 347 g/mol. The van der Waals surface area contributed by atoms with E-state index >= 15 is 0 Å². The molecule has 23 heavy (non-hydrogen) atoms. The van der Waals surface area contributed by atoms with Crippen LogP contribution in [0.15, 0.2) is 61.3 Å². The van der Waals surface area contributed by atoms with Crippen molar-refractivity contribution in [2.24, 2.45) is 5.10 Å². The highest BCUT2D eigenvalue weighted by atomic mass is 35.5. The number of hydrogen-bond acceptors (Lipinski definition) is 5. The van der Waals surface area contributed by atoms with E-state index in [1.807, 2.05) is 16.8 Å². The van der Waals surface area contributed by atoms with Gasteiger partial charge in [-0.1, -0.05) is 0 Å². The summed E-state index contributed by atoms with van der Waals surface area (Å²) >= 11 is 7.46. The van der Waals surface area contributed by atoms with E-state index in [1.54, 1.807) is 35.6 Å². The first-order chi connectivity index (χ1) is 11.2. The van der Waals surface area contributed by atoms with Crippen molar-refractivity contribution in [3.05, 3.63) is 69.7 Å². The van der Waals surface area contributed by atoms with Crippen LogP contribution in [-0.2, 0) is 0 Å². The maximum absolute atomic E-state index is 12.7. The van der Waals surface area contributed by atoms with Crippen LogP contribution in [0.2, 0.25) is 5.22 Å². The van der Waals surface area contributed by atoms with Crippen molar-refractivity contribution in [1.29, 1.82) is 0 Å². The van der Waals surface area contributed by atoms with Gasteiger partial charge in [-0.3, -0.25) is 4.79 Å². The highest BCUT2D eigenvalue weighted by Gasteiger charge is 2.36. The SMILES string of the molecule is O=C(c1ccco1)N1N=C(c2ccsc2)CC1c1ccc(Cl)o1. The van der Waals surface area contributed by atoms with E-state index in [4.69, 9.17) is 20.4 Å².